The van der Waals surface area contributed by atoms with Crippen LogP contribution in [0.5, 0.6) is 0 Å². The lowest BCUT2D eigenvalue weighted by atomic mass is 9.99. The quantitative estimate of drug-likeness (QED) is 0.821. The summed E-state index contributed by atoms with van der Waals surface area (Å²) in [6.07, 6.45) is 3.63. The molecule has 2 heterocycles. The molecule has 1 saturated heterocycles. The molecule has 1 amide bonds. The highest BCUT2D eigenvalue weighted by molar-refractivity contribution is 7.14. The number of likely N-dealkylation sites (tertiary alicyclic amines) is 1. The number of rotatable bonds is 5. The van der Waals surface area contributed by atoms with E-state index in [1.54, 1.807) is 6.07 Å². The molecule has 5 heteroatoms. The van der Waals surface area contributed by atoms with Crippen molar-refractivity contribution >= 4 is 22.9 Å². The Morgan fingerprint density at radius 2 is 2.20 bits per heavy atom. The molecular formula is C15H25N3OS. The third-order valence-corrected chi connectivity index (χ3v) is 5.06. The Balaban J connectivity index is 1.64. The van der Waals surface area contributed by atoms with Gasteiger partial charge in [0.2, 0.25) is 0 Å². The van der Waals surface area contributed by atoms with E-state index in [9.17, 15) is 4.79 Å². The van der Waals surface area contributed by atoms with E-state index in [0.717, 1.165) is 30.3 Å². The largest absolute Gasteiger partial charge is 0.398 e. The van der Waals surface area contributed by atoms with Crippen molar-refractivity contribution < 1.29 is 4.79 Å². The first-order valence-corrected chi connectivity index (χ1v) is 8.24. The van der Waals surface area contributed by atoms with E-state index in [1.807, 2.05) is 6.92 Å². The molecule has 2 rings (SSSR count). The van der Waals surface area contributed by atoms with Gasteiger partial charge in [-0.1, -0.05) is 6.92 Å². The lowest BCUT2D eigenvalue weighted by Crippen LogP contribution is -2.35. The highest BCUT2D eigenvalue weighted by Crippen LogP contribution is 2.23. The van der Waals surface area contributed by atoms with Crippen LogP contribution < -0.4 is 11.1 Å². The Kier molecular flexibility index (Phi) is 5.43. The molecule has 1 aliphatic heterocycles. The molecule has 20 heavy (non-hydrogen) atoms. The zero-order valence-electron chi connectivity index (χ0n) is 12.4. The van der Waals surface area contributed by atoms with Gasteiger partial charge in [-0.05, 0) is 57.8 Å². The van der Waals surface area contributed by atoms with Crippen LogP contribution in [0.4, 0.5) is 5.69 Å². The van der Waals surface area contributed by atoms with Gasteiger partial charge < -0.3 is 16.0 Å². The van der Waals surface area contributed by atoms with Crippen molar-refractivity contribution in [3.8, 4) is 0 Å². The second-order valence-corrected chi connectivity index (χ2v) is 7.01. The second kappa shape index (κ2) is 7.09. The SMILES string of the molecule is Cc1sc(C(=O)NCCCN2CCC(C)CC2)cc1N. The lowest BCUT2D eigenvalue weighted by molar-refractivity contribution is 0.0954. The van der Waals surface area contributed by atoms with Crippen LogP contribution in [0.15, 0.2) is 6.07 Å². The molecule has 3 N–H and O–H groups in total. The zero-order chi connectivity index (χ0) is 14.5. The molecule has 1 fully saturated rings. The molecule has 0 saturated carbocycles. The van der Waals surface area contributed by atoms with Gasteiger partial charge in [0.1, 0.15) is 0 Å². The van der Waals surface area contributed by atoms with E-state index in [2.05, 4.69) is 17.1 Å². The van der Waals surface area contributed by atoms with E-state index in [4.69, 9.17) is 5.73 Å². The first-order valence-electron chi connectivity index (χ1n) is 7.42. The second-order valence-electron chi connectivity index (χ2n) is 5.76. The number of piperidine rings is 1. The van der Waals surface area contributed by atoms with Gasteiger partial charge >= 0.3 is 0 Å². The Hall–Kier alpha value is -1.07. The molecule has 0 spiro atoms. The van der Waals surface area contributed by atoms with E-state index in [0.29, 0.717) is 10.6 Å². The molecule has 4 nitrogen and oxygen atoms in total. The summed E-state index contributed by atoms with van der Waals surface area (Å²) in [5, 5.41) is 2.98. The molecule has 0 unspecified atom stereocenters. The fraction of sp³-hybridized carbons (Fsp3) is 0.667. The average molecular weight is 295 g/mol. The van der Waals surface area contributed by atoms with Crippen molar-refractivity contribution in [2.24, 2.45) is 5.92 Å². The van der Waals surface area contributed by atoms with Crippen LogP contribution in [0.3, 0.4) is 0 Å². The topological polar surface area (TPSA) is 58.4 Å². The fourth-order valence-corrected chi connectivity index (χ4v) is 3.34. The average Bonchev–Trinajstić information content (AvgIpc) is 2.77. The number of nitrogens with one attached hydrogen (secondary N) is 1. The van der Waals surface area contributed by atoms with Crippen LogP contribution >= 0.6 is 11.3 Å². The van der Waals surface area contributed by atoms with Crippen molar-refractivity contribution in [1.82, 2.24) is 10.2 Å². The van der Waals surface area contributed by atoms with Crippen LogP contribution in [0.25, 0.3) is 0 Å². The summed E-state index contributed by atoms with van der Waals surface area (Å²) in [5.41, 5.74) is 6.48. The molecule has 0 bridgehead atoms. The molecule has 1 aromatic heterocycles. The number of aryl methyl sites for hydroxylation is 1. The van der Waals surface area contributed by atoms with E-state index in [1.165, 1.54) is 37.3 Å². The van der Waals surface area contributed by atoms with Crippen LogP contribution in [0.1, 0.15) is 40.7 Å². The van der Waals surface area contributed by atoms with Gasteiger partial charge in [0.15, 0.2) is 0 Å². The van der Waals surface area contributed by atoms with Gasteiger partial charge in [-0.15, -0.1) is 11.3 Å². The van der Waals surface area contributed by atoms with Crippen LogP contribution in [-0.2, 0) is 0 Å². The van der Waals surface area contributed by atoms with Crippen LogP contribution in [0, 0.1) is 12.8 Å². The normalized spacial score (nSPS) is 17.3. The molecule has 0 aromatic carbocycles. The number of carbonyl (C=O) groups is 1. The highest BCUT2D eigenvalue weighted by atomic mass is 32.1. The number of nitrogens with two attached hydrogens (primary N) is 1. The predicted octanol–water partition coefficient (Wildman–Crippen LogP) is 2.49. The molecule has 1 aromatic rings. The minimum atomic E-state index is 0.00191. The van der Waals surface area contributed by atoms with Crippen molar-refractivity contribution in [3.63, 3.8) is 0 Å². The molecule has 0 atom stereocenters. The number of amides is 1. The van der Waals surface area contributed by atoms with Gasteiger partial charge in [-0.25, -0.2) is 0 Å². The summed E-state index contributed by atoms with van der Waals surface area (Å²) in [6.45, 7) is 8.49. The number of thiophene rings is 1. The predicted molar refractivity (Wildman–Crippen MR) is 85.3 cm³/mol. The molecular weight excluding hydrogens is 270 g/mol. The lowest BCUT2D eigenvalue weighted by Gasteiger charge is -2.30. The van der Waals surface area contributed by atoms with Crippen molar-refractivity contribution in [3.05, 3.63) is 15.8 Å². The van der Waals surface area contributed by atoms with Crippen molar-refractivity contribution in [1.29, 1.82) is 0 Å². The number of carbonyl (C=O) groups excluding carboxylic acids is 1. The smallest absolute Gasteiger partial charge is 0.261 e. The van der Waals surface area contributed by atoms with Gasteiger partial charge in [0.05, 0.1) is 4.88 Å². The number of hydrogen-bond acceptors (Lipinski definition) is 4. The van der Waals surface area contributed by atoms with Crippen LogP contribution in [0.2, 0.25) is 0 Å². The number of nitrogens with zero attached hydrogens (tertiary/aromatic N) is 1. The highest BCUT2D eigenvalue weighted by Gasteiger charge is 2.15. The summed E-state index contributed by atoms with van der Waals surface area (Å²) in [7, 11) is 0. The summed E-state index contributed by atoms with van der Waals surface area (Å²) in [5.74, 6) is 0.876. The van der Waals surface area contributed by atoms with Gasteiger partial charge in [0.25, 0.3) is 5.91 Å². The molecule has 1 aliphatic rings. The third kappa shape index (κ3) is 4.21. The maximum absolute atomic E-state index is 11.9. The zero-order valence-corrected chi connectivity index (χ0v) is 13.3. The summed E-state index contributed by atoms with van der Waals surface area (Å²) in [4.78, 5) is 16.2. The van der Waals surface area contributed by atoms with Crippen LogP contribution in [-0.4, -0.2) is 37.0 Å². The Morgan fingerprint density at radius 1 is 1.50 bits per heavy atom. The van der Waals surface area contributed by atoms with E-state index < -0.39 is 0 Å². The maximum Gasteiger partial charge on any atom is 0.261 e. The molecule has 112 valence electrons. The first-order chi connectivity index (χ1) is 9.56. The summed E-state index contributed by atoms with van der Waals surface area (Å²) >= 11 is 1.46. The minimum Gasteiger partial charge on any atom is -0.398 e. The number of nitrogen functional groups attached to an aromatic ring is 1. The van der Waals surface area contributed by atoms with Gasteiger partial charge in [-0.3, -0.25) is 4.79 Å². The van der Waals surface area contributed by atoms with E-state index in [-0.39, 0.29) is 5.91 Å². The van der Waals surface area contributed by atoms with Gasteiger partial charge in [0, 0.05) is 17.1 Å². The first kappa shape index (κ1) is 15.3. The Bertz CT molecular complexity index is 430. The maximum atomic E-state index is 11.9. The fourth-order valence-electron chi connectivity index (χ4n) is 2.49. The summed E-state index contributed by atoms with van der Waals surface area (Å²) in [6, 6.07) is 1.77. The standard InChI is InChI=1S/C15H25N3OS/c1-11-4-8-18(9-5-11)7-3-6-17-15(19)14-10-13(16)12(2)20-14/h10-11H,3-9,16H2,1-2H3,(H,17,19). The Morgan fingerprint density at radius 3 is 2.80 bits per heavy atom. The van der Waals surface area contributed by atoms with Crippen molar-refractivity contribution in [2.45, 2.75) is 33.1 Å². The summed E-state index contributed by atoms with van der Waals surface area (Å²) < 4.78 is 0. The molecule has 0 radical (unpaired) electrons. The monoisotopic (exact) mass is 295 g/mol. The Labute approximate surface area is 125 Å². The minimum absolute atomic E-state index is 0.00191. The van der Waals surface area contributed by atoms with Crippen molar-refractivity contribution in [2.75, 3.05) is 31.9 Å². The number of hydrogen-bond donors (Lipinski definition) is 2. The molecule has 0 aliphatic carbocycles. The van der Waals surface area contributed by atoms with Gasteiger partial charge in [-0.2, -0.15) is 0 Å². The number of anilines is 1. The van der Waals surface area contributed by atoms with E-state index >= 15 is 0 Å². The third-order valence-electron chi connectivity index (χ3n) is 3.99.